The molecule has 0 spiro atoms. The third-order valence-electron chi connectivity index (χ3n) is 3.59. The smallest absolute Gasteiger partial charge is 0.0854 e. The van der Waals surface area contributed by atoms with E-state index in [9.17, 15) is 5.11 Å². The number of benzene rings is 1. The van der Waals surface area contributed by atoms with Crippen LogP contribution in [0.3, 0.4) is 0 Å². The summed E-state index contributed by atoms with van der Waals surface area (Å²) in [6, 6.07) is 14.3. The highest BCUT2D eigenvalue weighted by molar-refractivity contribution is 7.09. The van der Waals surface area contributed by atoms with Crippen molar-refractivity contribution in [3.63, 3.8) is 0 Å². The first-order valence-corrected chi connectivity index (χ1v) is 7.89. The highest BCUT2D eigenvalue weighted by atomic mass is 32.1. The normalized spacial score (nSPS) is 11.0. The molecule has 0 unspecified atom stereocenters. The number of rotatable bonds is 5. The molecule has 0 aliphatic heterocycles. The molecule has 4 heteroatoms. The second-order valence-electron chi connectivity index (χ2n) is 5.06. The van der Waals surface area contributed by atoms with Crippen molar-refractivity contribution in [1.82, 2.24) is 4.98 Å². The van der Waals surface area contributed by atoms with Gasteiger partial charge in [0.1, 0.15) is 0 Å². The van der Waals surface area contributed by atoms with Gasteiger partial charge in [0.25, 0.3) is 0 Å². The summed E-state index contributed by atoms with van der Waals surface area (Å²) < 4.78 is 0. The van der Waals surface area contributed by atoms with Crippen LogP contribution < -0.4 is 4.90 Å². The monoisotopic (exact) mass is 298 g/mol. The third-order valence-corrected chi connectivity index (χ3v) is 4.53. The van der Waals surface area contributed by atoms with Gasteiger partial charge in [0.2, 0.25) is 0 Å². The van der Waals surface area contributed by atoms with Crippen molar-refractivity contribution in [2.24, 2.45) is 0 Å². The molecule has 1 aromatic carbocycles. The quantitative estimate of drug-likeness (QED) is 0.783. The first kappa shape index (κ1) is 14.0. The summed E-state index contributed by atoms with van der Waals surface area (Å²) in [7, 11) is 2.09. The minimum Gasteiger partial charge on any atom is -0.390 e. The number of likely N-dealkylation sites (N-methyl/N-ethyl adjacent to an activating group) is 1. The largest absolute Gasteiger partial charge is 0.390 e. The summed E-state index contributed by atoms with van der Waals surface area (Å²) in [6.07, 6.45) is 1.03. The van der Waals surface area contributed by atoms with Crippen molar-refractivity contribution in [3.8, 4) is 0 Å². The maximum Gasteiger partial charge on any atom is 0.0854 e. The molecule has 0 radical (unpaired) electrons. The average Bonchev–Trinajstić information content (AvgIpc) is 3.05. The molecule has 0 atom stereocenters. The molecule has 3 rings (SSSR count). The van der Waals surface area contributed by atoms with Crippen molar-refractivity contribution in [3.05, 3.63) is 58.4 Å². The molecular formula is C17H18N2OS. The number of aromatic nitrogens is 1. The highest BCUT2D eigenvalue weighted by Crippen LogP contribution is 2.26. The number of hydrogen-bond acceptors (Lipinski definition) is 4. The lowest BCUT2D eigenvalue weighted by Gasteiger charge is -2.21. The summed E-state index contributed by atoms with van der Waals surface area (Å²) >= 11 is 1.79. The van der Waals surface area contributed by atoms with Crippen LogP contribution in [-0.2, 0) is 13.0 Å². The van der Waals surface area contributed by atoms with Crippen LogP contribution >= 0.6 is 11.3 Å². The first-order chi connectivity index (χ1) is 10.3. The van der Waals surface area contributed by atoms with Gasteiger partial charge in [-0.3, -0.25) is 4.98 Å². The van der Waals surface area contributed by atoms with Gasteiger partial charge in [0.15, 0.2) is 0 Å². The molecule has 0 bridgehead atoms. The van der Waals surface area contributed by atoms with Gasteiger partial charge >= 0.3 is 0 Å². The molecule has 3 aromatic rings. The topological polar surface area (TPSA) is 36.4 Å². The van der Waals surface area contributed by atoms with Crippen LogP contribution in [0.2, 0.25) is 0 Å². The van der Waals surface area contributed by atoms with Gasteiger partial charge < -0.3 is 10.0 Å². The van der Waals surface area contributed by atoms with Crippen molar-refractivity contribution >= 4 is 27.9 Å². The van der Waals surface area contributed by atoms with E-state index >= 15 is 0 Å². The average molecular weight is 298 g/mol. The zero-order valence-electron chi connectivity index (χ0n) is 12.0. The summed E-state index contributed by atoms with van der Waals surface area (Å²) in [5.74, 6) is 0. The van der Waals surface area contributed by atoms with Crippen molar-refractivity contribution < 1.29 is 5.11 Å². The molecule has 108 valence electrons. The van der Waals surface area contributed by atoms with E-state index in [1.807, 2.05) is 24.3 Å². The summed E-state index contributed by atoms with van der Waals surface area (Å²) in [5.41, 5.74) is 2.77. The Morgan fingerprint density at radius 3 is 2.81 bits per heavy atom. The Morgan fingerprint density at radius 2 is 2.05 bits per heavy atom. The molecule has 0 fully saturated rings. The van der Waals surface area contributed by atoms with E-state index in [4.69, 9.17) is 0 Å². The molecule has 21 heavy (non-hydrogen) atoms. The van der Waals surface area contributed by atoms with Crippen molar-refractivity contribution in [1.29, 1.82) is 0 Å². The Kier molecular flexibility index (Phi) is 4.18. The lowest BCUT2D eigenvalue weighted by atomic mass is 10.1. The minimum atomic E-state index is -0.0312. The SMILES string of the molecule is CN(CCc1cccs1)c1cc(CO)nc2ccccc12. The number of para-hydroxylation sites is 1. The predicted octanol–water partition coefficient (Wildman–Crippen LogP) is 3.47. The Balaban J connectivity index is 1.90. The first-order valence-electron chi connectivity index (χ1n) is 7.01. The number of thiophene rings is 1. The van der Waals surface area contributed by atoms with Crippen molar-refractivity contribution in [2.75, 3.05) is 18.5 Å². The molecule has 0 saturated heterocycles. The van der Waals surface area contributed by atoms with Crippen LogP contribution in [0.25, 0.3) is 10.9 Å². The lowest BCUT2D eigenvalue weighted by Crippen LogP contribution is -2.20. The molecule has 0 saturated carbocycles. The lowest BCUT2D eigenvalue weighted by molar-refractivity contribution is 0.277. The summed E-state index contributed by atoms with van der Waals surface area (Å²) in [6.45, 7) is 0.913. The number of hydrogen-bond donors (Lipinski definition) is 1. The van der Waals surface area contributed by atoms with Crippen LogP contribution in [0.15, 0.2) is 47.8 Å². The van der Waals surface area contributed by atoms with E-state index in [1.54, 1.807) is 11.3 Å². The Hall–Kier alpha value is -1.91. The molecule has 0 aliphatic rings. The zero-order valence-corrected chi connectivity index (χ0v) is 12.8. The Bertz CT molecular complexity index is 725. The van der Waals surface area contributed by atoms with E-state index in [1.165, 1.54) is 4.88 Å². The zero-order chi connectivity index (χ0) is 14.7. The number of aliphatic hydroxyl groups excluding tert-OH is 1. The molecule has 2 aromatic heterocycles. The van der Waals surface area contributed by atoms with E-state index < -0.39 is 0 Å². The van der Waals surface area contributed by atoms with Gasteiger partial charge in [-0.05, 0) is 30.0 Å². The predicted molar refractivity (Wildman–Crippen MR) is 89.0 cm³/mol. The number of pyridine rings is 1. The van der Waals surface area contributed by atoms with E-state index in [0.717, 1.165) is 29.6 Å². The van der Waals surface area contributed by atoms with Crippen LogP contribution in [0.1, 0.15) is 10.6 Å². The fourth-order valence-electron chi connectivity index (χ4n) is 2.46. The molecule has 0 aliphatic carbocycles. The number of fused-ring (bicyclic) bond motifs is 1. The Labute approximate surface area is 128 Å². The van der Waals surface area contributed by atoms with E-state index in [-0.39, 0.29) is 6.61 Å². The maximum atomic E-state index is 9.40. The maximum absolute atomic E-state index is 9.40. The van der Waals surface area contributed by atoms with Gasteiger partial charge in [0.05, 0.1) is 17.8 Å². The summed E-state index contributed by atoms with van der Waals surface area (Å²) in [4.78, 5) is 8.10. The minimum absolute atomic E-state index is 0.0312. The second-order valence-corrected chi connectivity index (χ2v) is 6.09. The van der Waals surface area contributed by atoms with Gasteiger partial charge in [0, 0.05) is 29.5 Å². The van der Waals surface area contributed by atoms with Crippen LogP contribution in [0.5, 0.6) is 0 Å². The number of anilines is 1. The van der Waals surface area contributed by atoms with E-state index in [0.29, 0.717) is 5.69 Å². The number of aliphatic hydroxyl groups is 1. The summed E-state index contributed by atoms with van der Waals surface area (Å²) in [5, 5.41) is 12.6. The molecule has 0 amide bonds. The van der Waals surface area contributed by atoms with Crippen LogP contribution in [0.4, 0.5) is 5.69 Å². The molecule has 2 heterocycles. The third kappa shape index (κ3) is 3.06. The van der Waals surface area contributed by atoms with Gasteiger partial charge in [-0.15, -0.1) is 11.3 Å². The Morgan fingerprint density at radius 1 is 1.19 bits per heavy atom. The van der Waals surface area contributed by atoms with Crippen LogP contribution in [0, 0.1) is 0 Å². The molecule has 3 nitrogen and oxygen atoms in total. The van der Waals surface area contributed by atoms with Gasteiger partial charge in [-0.1, -0.05) is 24.3 Å². The van der Waals surface area contributed by atoms with Crippen molar-refractivity contribution in [2.45, 2.75) is 13.0 Å². The van der Waals surface area contributed by atoms with Crippen LogP contribution in [-0.4, -0.2) is 23.7 Å². The fourth-order valence-corrected chi connectivity index (χ4v) is 3.16. The highest BCUT2D eigenvalue weighted by Gasteiger charge is 2.09. The van der Waals surface area contributed by atoms with Gasteiger partial charge in [-0.25, -0.2) is 0 Å². The fraction of sp³-hybridized carbons (Fsp3) is 0.235. The number of nitrogens with zero attached hydrogens (tertiary/aromatic N) is 2. The molecular weight excluding hydrogens is 280 g/mol. The standard InChI is InChI=1S/C17H18N2OS/c1-19(9-8-14-5-4-10-21-14)17-11-13(12-20)18-16-7-3-2-6-15(16)17/h2-7,10-11,20H,8-9,12H2,1H3. The van der Waals surface area contributed by atoms with E-state index in [2.05, 4.69) is 40.5 Å². The molecule has 1 N–H and O–H groups in total. The second kappa shape index (κ2) is 6.24. The van der Waals surface area contributed by atoms with Gasteiger partial charge in [-0.2, -0.15) is 0 Å².